The Morgan fingerprint density at radius 2 is 2.03 bits per heavy atom. The van der Waals surface area contributed by atoms with E-state index in [1.54, 1.807) is 18.2 Å². The van der Waals surface area contributed by atoms with Gasteiger partial charge in [-0.1, -0.05) is 13.0 Å². The van der Waals surface area contributed by atoms with Crippen LogP contribution in [-0.2, 0) is 12.5 Å². The number of H-pyrrole nitrogens is 1. The summed E-state index contributed by atoms with van der Waals surface area (Å²) >= 11 is 0. The number of aromatic nitrogens is 2. The molecule has 9 heteroatoms. The Bertz CT molecular complexity index is 1120. The van der Waals surface area contributed by atoms with Crippen molar-refractivity contribution in [2.24, 2.45) is 5.73 Å². The summed E-state index contributed by atoms with van der Waals surface area (Å²) in [5.74, 6) is -0.763. The molecule has 0 spiro atoms. The zero-order valence-electron chi connectivity index (χ0n) is 15.3. The van der Waals surface area contributed by atoms with E-state index < -0.39 is 28.8 Å². The van der Waals surface area contributed by atoms with Crippen molar-refractivity contribution in [3.05, 3.63) is 75.8 Å². The average molecular weight is 401 g/mol. The van der Waals surface area contributed by atoms with Crippen LogP contribution < -0.4 is 15.9 Å². The second-order valence-electron chi connectivity index (χ2n) is 6.17. The standard InChI is InChI=1S/C20H17F2N3O4/c1-2-11-7-12(3-4-14(11)19(23)27)16-8-13(5-6-25-16)29-17-10-24-9-15(18(17)26)20(21,22)28/h3-10,28H,2H2,1H3,(H2,23,27)(H,24,26). The number of rotatable bonds is 6. The van der Waals surface area contributed by atoms with E-state index in [9.17, 15) is 18.4 Å². The Morgan fingerprint density at radius 1 is 1.28 bits per heavy atom. The molecule has 4 N–H and O–H groups in total. The lowest BCUT2D eigenvalue weighted by atomic mass is 9.99. The molecule has 1 amide bonds. The number of ether oxygens (including phenoxy) is 1. The molecule has 2 aromatic heterocycles. The van der Waals surface area contributed by atoms with Gasteiger partial charge in [0, 0.05) is 35.8 Å². The van der Waals surface area contributed by atoms with Crippen LogP contribution in [0.3, 0.4) is 0 Å². The molecule has 0 unspecified atom stereocenters. The highest BCUT2D eigenvalue weighted by atomic mass is 19.3. The van der Waals surface area contributed by atoms with Gasteiger partial charge in [0.05, 0.1) is 5.69 Å². The molecule has 3 aromatic rings. The molecule has 0 aliphatic carbocycles. The number of primary amides is 1. The van der Waals surface area contributed by atoms with Crippen LogP contribution in [0.25, 0.3) is 11.3 Å². The van der Waals surface area contributed by atoms with Gasteiger partial charge in [-0.15, -0.1) is 0 Å². The van der Waals surface area contributed by atoms with Gasteiger partial charge < -0.3 is 20.6 Å². The minimum absolute atomic E-state index is 0.177. The zero-order chi connectivity index (χ0) is 21.2. The van der Waals surface area contributed by atoms with Gasteiger partial charge in [0.25, 0.3) is 0 Å². The molecule has 0 bridgehead atoms. The summed E-state index contributed by atoms with van der Waals surface area (Å²) in [6.07, 6.45) is -0.472. The van der Waals surface area contributed by atoms with E-state index in [1.165, 1.54) is 18.3 Å². The van der Waals surface area contributed by atoms with Gasteiger partial charge in [-0.25, -0.2) is 0 Å². The van der Waals surface area contributed by atoms with Crippen LogP contribution in [0.4, 0.5) is 8.78 Å². The smallest absolute Gasteiger partial charge is 0.386 e. The first-order valence-corrected chi connectivity index (χ1v) is 8.59. The largest absolute Gasteiger partial charge is 0.452 e. The number of aromatic amines is 1. The number of hydrogen-bond donors (Lipinski definition) is 3. The summed E-state index contributed by atoms with van der Waals surface area (Å²) in [6.45, 7) is 1.88. The maximum atomic E-state index is 13.1. The Hall–Kier alpha value is -3.59. The van der Waals surface area contributed by atoms with Crippen molar-refractivity contribution in [2.75, 3.05) is 0 Å². The fourth-order valence-corrected chi connectivity index (χ4v) is 2.81. The SMILES string of the molecule is CCc1cc(-c2cc(Oc3c[nH]cc(C(O)(F)F)c3=O)ccn2)ccc1C(N)=O. The Kier molecular flexibility index (Phi) is 5.42. The first-order chi connectivity index (χ1) is 13.7. The molecule has 150 valence electrons. The number of amides is 1. The summed E-state index contributed by atoms with van der Waals surface area (Å²) in [7, 11) is 0. The molecule has 1 aromatic carbocycles. The fourth-order valence-electron chi connectivity index (χ4n) is 2.81. The van der Waals surface area contributed by atoms with E-state index in [1.807, 2.05) is 6.92 Å². The second kappa shape index (κ2) is 7.80. The summed E-state index contributed by atoms with van der Waals surface area (Å²) in [6, 6.07) is 8.01. The molecule has 0 aliphatic heterocycles. The van der Waals surface area contributed by atoms with Crippen molar-refractivity contribution in [1.29, 1.82) is 0 Å². The molecule has 29 heavy (non-hydrogen) atoms. The predicted molar refractivity (Wildman–Crippen MR) is 101 cm³/mol. The van der Waals surface area contributed by atoms with Crippen molar-refractivity contribution in [3.63, 3.8) is 0 Å². The molecule has 0 atom stereocenters. The third-order valence-corrected chi connectivity index (χ3v) is 4.24. The summed E-state index contributed by atoms with van der Waals surface area (Å²) < 4.78 is 31.7. The quantitative estimate of drug-likeness (QED) is 0.587. The number of nitrogens with zero attached hydrogens (tertiary/aromatic N) is 1. The molecule has 0 radical (unpaired) electrons. The third-order valence-electron chi connectivity index (χ3n) is 4.24. The molecular formula is C20H17F2N3O4. The van der Waals surface area contributed by atoms with E-state index >= 15 is 0 Å². The number of aliphatic hydroxyl groups is 1. The summed E-state index contributed by atoms with van der Waals surface area (Å²) in [5.41, 5.74) is 5.42. The van der Waals surface area contributed by atoms with E-state index in [0.717, 1.165) is 11.8 Å². The molecule has 2 heterocycles. The van der Waals surface area contributed by atoms with Gasteiger partial charge in [0.1, 0.15) is 11.3 Å². The lowest BCUT2D eigenvalue weighted by Crippen LogP contribution is -2.23. The molecule has 0 saturated heterocycles. The highest BCUT2D eigenvalue weighted by molar-refractivity contribution is 5.95. The molecule has 0 fully saturated rings. The van der Waals surface area contributed by atoms with Crippen molar-refractivity contribution in [3.8, 4) is 22.8 Å². The monoisotopic (exact) mass is 401 g/mol. The van der Waals surface area contributed by atoms with Crippen molar-refractivity contribution >= 4 is 5.91 Å². The van der Waals surface area contributed by atoms with Gasteiger partial charge >= 0.3 is 6.11 Å². The van der Waals surface area contributed by atoms with Gasteiger partial charge in [-0.3, -0.25) is 14.6 Å². The summed E-state index contributed by atoms with van der Waals surface area (Å²) in [4.78, 5) is 30.2. The number of pyridine rings is 2. The highest BCUT2D eigenvalue weighted by Crippen LogP contribution is 2.27. The zero-order valence-corrected chi connectivity index (χ0v) is 15.3. The topological polar surface area (TPSA) is 118 Å². The van der Waals surface area contributed by atoms with Crippen LogP contribution in [0.1, 0.15) is 28.4 Å². The van der Waals surface area contributed by atoms with Crippen LogP contribution in [0.2, 0.25) is 0 Å². The number of alkyl halides is 2. The number of carbonyl (C=O) groups excluding carboxylic acids is 1. The summed E-state index contributed by atoms with van der Waals surface area (Å²) in [5, 5.41) is 8.81. The minimum Gasteiger partial charge on any atom is -0.452 e. The van der Waals surface area contributed by atoms with E-state index in [2.05, 4.69) is 9.97 Å². The predicted octanol–water partition coefficient (Wildman–Crippen LogP) is 2.93. The van der Waals surface area contributed by atoms with Crippen LogP contribution in [0.15, 0.2) is 53.7 Å². The van der Waals surface area contributed by atoms with E-state index in [-0.39, 0.29) is 5.75 Å². The lowest BCUT2D eigenvalue weighted by molar-refractivity contribution is -0.209. The average Bonchev–Trinajstić information content (AvgIpc) is 2.68. The number of hydrogen-bond acceptors (Lipinski definition) is 5. The Labute approximate surface area is 163 Å². The number of nitrogens with one attached hydrogen (secondary N) is 1. The maximum absolute atomic E-state index is 13.1. The van der Waals surface area contributed by atoms with Gasteiger partial charge in [-0.2, -0.15) is 8.78 Å². The minimum atomic E-state index is -4.30. The van der Waals surface area contributed by atoms with Gasteiger partial charge in [-0.05, 0) is 30.2 Å². The van der Waals surface area contributed by atoms with Crippen LogP contribution in [0, 0.1) is 0 Å². The van der Waals surface area contributed by atoms with E-state index in [4.69, 9.17) is 15.6 Å². The van der Waals surface area contributed by atoms with E-state index in [0.29, 0.717) is 29.4 Å². The maximum Gasteiger partial charge on any atom is 0.386 e. The Morgan fingerprint density at radius 3 is 2.69 bits per heavy atom. The number of aryl methyl sites for hydroxylation is 1. The number of nitrogens with two attached hydrogens (primary N) is 1. The Balaban J connectivity index is 1.96. The number of carbonyl (C=O) groups is 1. The second-order valence-corrected chi connectivity index (χ2v) is 6.17. The third kappa shape index (κ3) is 4.30. The van der Waals surface area contributed by atoms with Crippen LogP contribution in [-0.4, -0.2) is 21.0 Å². The van der Waals surface area contributed by atoms with Crippen molar-refractivity contribution < 1.29 is 23.4 Å². The van der Waals surface area contributed by atoms with Crippen LogP contribution in [0.5, 0.6) is 11.5 Å². The lowest BCUT2D eigenvalue weighted by Gasteiger charge is -2.11. The fraction of sp³-hybridized carbons (Fsp3) is 0.150. The molecule has 0 saturated carbocycles. The normalized spacial score (nSPS) is 11.3. The first kappa shape index (κ1) is 20.2. The van der Waals surface area contributed by atoms with Gasteiger partial charge in [0.15, 0.2) is 5.75 Å². The number of halogens is 2. The van der Waals surface area contributed by atoms with Crippen molar-refractivity contribution in [1.82, 2.24) is 9.97 Å². The van der Waals surface area contributed by atoms with Crippen LogP contribution >= 0.6 is 0 Å². The first-order valence-electron chi connectivity index (χ1n) is 8.59. The molecule has 0 aliphatic rings. The van der Waals surface area contributed by atoms with Gasteiger partial charge in [0.2, 0.25) is 11.3 Å². The molecule has 7 nitrogen and oxygen atoms in total. The van der Waals surface area contributed by atoms with Crippen molar-refractivity contribution in [2.45, 2.75) is 19.5 Å². The highest BCUT2D eigenvalue weighted by Gasteiger charge is 2.32. The number of benzene rings is 1. The molecular weight excluding hydrogens is 384 g/mol. The molecule has 3 rings (SSSR count).